The van der Waals surface area contributed by atoms with Crippen molar-refractivity contribution in [2.75, 3.05) is 19.8 Å². The van der Waals surface area contributed by atoms with E-state index in [1.54, 1.807) is 17.9 Å². The molecule has 0 aromatic heterocycles. The maximum atomic E-state index is 12.7. The number of benzene rings is 2. The minimum Gasteiger partial charge on any atom is -0.494 e. The van der Waals surface area contributed by atoms with Crippen LogP contribution in [0.5, 0.6) is 5.75 Å². The molecular weight excluding hydrogens is 354 g/mol. The molecule has 148 valence electrons. The van der Waals surface area contributed by atoms with Crippen LogP contribution in [-0.4, -0.2) is 36.5 Å². The van der Waals surface area contributed by atoms with Crippen LogP contribution >= 0.6 is 0 Å². The highest BCUT2D eigenvalue weighted by atomic mass is 16.5. The van der Waals surface area contributed by atoms with Crippen molar-refractivity contribution in [2.24, 2.45) is 0 Å². The number of nitrogens with zero attached hydrogens (tertiary/aromatic N) is 1. The van der Waals surface area contributed by atoms with Gasteiger partial charge in [-0.3, -0.25) is 9.59 Å². The predicted molar refractivity (Wildman–Crippen MR) is 110 cm³/mol. The van der Waals surface area contributed by atoms with Gasteiger partial charge < -0.3 is 14.4 Å². The molecule has 0 N–H and O–H groups in total. The van der Waals surface area contributed by atoms with Crippen molar-refractivity contribution in [2.45, 2.75) is 26.8 Å². The molecule has 0 bridgehead atoms. The van der Waals surface area contributed by atoms with E-state index in [0.29, 0.717) is 26.3 Å². The van der Waals surface area contributed by atoms with Crippen LogP contribution in [0.3, 0.4) is 0 Å². The van der Waals surface area contributed by atoms with Crippen molar-refractivity contribution in [3.8, 4) is 5.75 Å². The first-order valence-electron chi connectivity index (χ1n) is 9.51. The molecule has 0 heterocycles. The van der Waals surface area contributed by atoms with E-state index in [1.165, 1.54) is 6.08 Å². The van der Waals surface area contributed by atoms with Gasteiger partial charge in [-0.25, -0.2) is 0 Å². The number of esters is 1. The Morgan fingerprint density at radius 3 is 2.32 bits per heavy atom. The minimum atomic E-state index is -0.302. The van der Waals surface area contributed by atoms with Gasteiger partial charge in [-0.1, -0.05) is 42.5 Å². The van der Waals surface area contributed by atoms with Gasteiger partial charge in [0.15, 0.2) is 0 Å². The molecule has 2 rings (SSSR count). The molecule has 0 fully saturated rings. The summed E-state index contributed by atoms with van der Waals surface area (Å²) in [6.45, 7) is 5.40. The van der Waals surface area contributed by atoms with Gasteiger partial charge in [0.25, 0.3) is 0 Å². The number of carbonyl (C=O) groups excluding carboxylic acids is 2. The number of amides is 1. The standard InChI is InChI=1S/C23H27NO4/c1-3-27-21-13-10-19(11-14-21)12-15-22(25)24(17-16-23(26)28-4-2)18-20-8-6-5-7-9-20/h5-15H,3-4,16-18H2,1-2H3/b15-12+. The van der Waals surface area contributed by atoms with Gasteiger partial charge >= 0.3 is 5.97 Å². The first-order valence-corrected chi connectivity index (χ1v) is 9.51. The molecule has 5 heteroatoms. The zero-order valence-electron chi connectivity index (χ0n) is 16.5. The SMILES string of the molecule is CCOC(=O)CCN(Cc1ccccc1)C(=O)/C=C/c1ccc(OCC)cc1. The molecule has 0 aliphatic carbocycles. The van der Waals surface area contributed by atoms with E-state index in [-0.39, 0.29) is 18.3 Å². The molecule has 0 spiro atoms. The van der Waals surface area contributed by atoms with Gasteiger partial charge in [-0.05, 0) is 43.2 Å². The van der Waals surface area contributed by atoms with Crippen LogP contribution < -0.4 is 4.74 Å². The molecular formula is C23H27NO4. The number of hydrogen-bond acceptors (Lipinski definition) is 4. The Hall–Kier alpha value is -3.08. The second kappa shape index (κ2) is 11.6. The normalized spacial score (nSPS) is 10.6. The zero-order valence-corrected chi connectivity index (χ0v) is 16.5. The Bertz CT molecular complexity index is 769. The lowest BCUT2D eigenvalue weighted by Gasteiger charge is -2.21. The minimum absolute atomic E-state index is 0.151. The summed E-state index contributed by atoms with van der Waals surface area (Å²) in [5.41, 5.74) is 1.91. The van der Waals surface area contributed by atoms with Crippen LogP contribution in [0.2, 0.25) is 0 Å². The van der Waals surface area contributed by atoms with Gasteiger partial charge in [0.05, 0.1) is 19.6 Å². The Labute approximate surface area is 166 Å². The molecule has 0 unspecified atom stereocenters. The van der Waals surface area contributed by atoms with Crippen LogP contribution in [0.1, 0.15) is 31.4 Å². The van der Waals surface area contributed by atoms with Crippen molar-refractivity contribution in [3.05, 3.63) is 71.8 Å². The third kappa shape index (κ3) is 7.27. The number of rotatable bonds is 10. The van der Waals surface area contributed by atoms with Gasteiger partial charge in [-0.2, -0.15) is 0 Å². The number of carbonyl (C=O) groups is 2. The maximum Gasteiger partial charge on any atom is 0.307 e. The molecule has 28 heavy (non-hydrogen) atoms. The van der Waals surface area contributed by atoms with E-state index in [0.717, 1.165) is 16.9 Å². The van der Waals surface area contributed by atoms with Gasteiger partial charge in [-0.15, -0.1) is 0 Å². The summed E-state index contributed by atoms with van der Waals surface area (Å²) in [6.07, 6.45) is 3.47. The summed E-state index contributed by atoms with van der Waals surface area (Å²) < 4.78 is 10.4. The molecule has 2 aromatic rings. The van der Waals surface area contributed by atoms with Crippen molar-refractivity contribution in [1.82, 2.24) is 4.90 Å². The summed E-state index contributed by atoms with van der Waals surface area (Å²) in [5, 5.41) is 0. The first kappa shape index (κ1) is 21.2. The quantitative estimate of drug-likeness (QED) is 0.460. The second-order valence-corrected chi connectivity index (χ2v) is 6.14. The Balaban J connectivity index is 2.04. The van der Waals surface area contributed by atoms with Gasteiger partial charge in [0, 0.05) is 19.2 Å². The van der Waals surface area contributed by atoms with E-state index in [4.69, 9.17) is 9.47 Å². The molecule has 0 saturated carbocycles. The van der Waals surface area contributed by atoms with Crippen molar-refractivity contribution >= 4 is 18.0 Å². The highest BCUT2D eigenvalue weighted by Gasteiger charge is 2.14. The molecule has 0 atom stereocenters. The van der Waals surface area contributed by atoms with E-state index in [1.807, 2.05) is 61.5 Å². The summed E-state index contributed by atoms with van der Waals surface area (Å²) in [7, 11) is 0. The fraction of sp³-hybridized carbons (Fsp3) is 0.304. The highest BCUT2D eigenvalue weighted by Crippen LogP contribution is 2.14. The average molecular weight is 381 g/mol. The molecule has 0 saturated heterocycles. The Kier molecular flexibility index (Phi) is 8.79. The zero-order chi connectivity index (χ0) is 20.2. The van der Waals surface area contributed by atoms with E-state index < -0.39 is 0 Å². The van der Waals surface area contributed by atoms with E-state index in [2.05, 4.69) is 0 Å². The summed E-state index contributed by atoms with van der Waals surface area (Å²) in [5.74, 6) is 0.344. The summed E-state index contributed by atoms with van der Waals surface area (Å²) in [6, 6.07) is 17.2. The third-order valence-electron chi connectivity index (χ3n) is 4.03. The second-order valence-electron chi connectivity index (χ2n) is 6.14. The van der Waals surface area contributed by atoms with Crippen LogP contribution in [-0.2, 0) is 20.9 Å². The van der Waals surface area contributed by atoms with Crippen LogP contribution in [0, 0.1) is 0 Å². The Morgan fingerprint density at radius 1 is 0.964 bits per heavy atom. The summed E-state index contributed by atoms with van der Waals surface area (Å²) in [4.78, 5) is 26.1. The fourth-order valence-corrected chi connectivity index (χ4v) is 2.65. The molecule has 1 amide bonds. The smallest absolute Gasteiger partial charge is 0.307 e. The van der Waals surface area contributed by atoms with Gasteiger partial charge in [0.1, 0.15) is 5.75 Å². The molecule has 0 radical (unpaired) electrons. The fourth-order valence-electron chi connectivity index (χ4n) is 2.65. The van der Waals surface area contributed by atoms with E-state index >= 15 is 0 Å². The van der Waals surface area contributed by atoms with Crippen molar-refractivity contribution in [1.29, 1.82) is 0 Å². The third-order valence-corrected chi connectivity index (χ3v) is 4.03. The largest absolute Gasteiger partial charge is 0.494 e. The van der Waals surface area contributed by atoms with Crippen LogP contribution in [0.25, 0.3) is 6.08 Å². The number of hydrogen-bond donors (Lipinski definition) is 0. The van der Waals surface area contributed by atoms with Crippen molar-refractivity contribution < 1.29 is 19.1 Å². The Morgan fingerprint density at radius 2 is 1.68 bits per heavy atom. The van der Waals surface area contributed by atoms with Gasteiger partial charge in [0.2, 0.25) is 5.91 Å². The van der Waals surface area contributed by atoms with Crippen molar-refractivity contribution in [3.63, 3.8) is 0 Å². The molecule has 2 aromatic carbocycles. The monoisotopic (exact) mass is 381 g/mol. The van der Waals surface area contributed by atoms with Crippen LogP contribution in [0.15, 0.2) is 60.7 Å². The number of ether oxygens (including phenoxy) is 2. The summed E-state index contributed by atoms with van der Waals surface area (Å²) >= 11 is 0. The first-order chi connectivity index (χ1) is 13.6. The average Bonchev–Trinajstić information content (AvgIpc) is 2.71. The molecule has 5 nitrogen and oxygen atoms in total. The van der Waals surface area contributed by atoms with E-state index in [9.17, 15) is 9.59 Å². The lowest BCUT2D eigenvalue weighted by Crippen LogP contribution is -2.31. The predicted octanol–water partition coefficient (Wildman–Crippen LogP) is 4.08. The topological polar surface area (TPSA) is 55.8 Å². The molecule has 0 aliphatic heterocycles. The maximum absolute atomic E-state index is 12.7. The lowest BCUT2D eigenvalue weighted by molar-refractivity contribution is -0.143. The highest BCUT2D eigenvalue weighted by molar-refractivity contribution is 5.92. The molecule has 0 aliphatic rings. The van der Waals surface area contributed by atoms with Crippen LogP contribution in [0.4, 0.5) is 0 Å². The lowest BCUT2D eigenvalue weighted by atomic mass is 10.2.